The number of carbonyl (C=O) groups excluding carboxylic acids is 2. The van der Waals surface area contributed by atoms with Crippen molar-refractivity contribution in [3.63, 3.8) is 0 Å². The zero-order valence-corrected chi connectivity index (χ0v) is 17.3. The summed E-state index contributed by atoms with van der Waals surface area (Å²) in [6.07, 6.45) is 9.41. The average Bonchev–Trinajstić information content (AvgIpc) is 3.24. The third-order valence-electron chi connectivity index (χ3n) is 7.21. The van der Waals surface area contributed by atoms with Gasteiger partial charge in [-0.3, -0.25) is 9.59 Å². The van der Waals surface area contributed by atoms with Gasteiger partial charge in [0.2, 0.25) is 5.91 Å². The number of amides is 2. The summed E-state index contributed by atoms with van der Waals surface area (Å²) in [5.41, 5.74) is 3.00. The molecule has 1 spiro atoms. The number of benzene rings is 1. The SMILES string of the molecule is CC(=O)N1CC2(CCCCC2)c2cc(C(=O)NCCC3CCCN3C)ccc21. The molecule has 1 saturated heterocycles. The molecule has 1 aliphatic carbocycles. The first-order valence-electron chi connectivity index (χ1n) is 10.9. The number of hydrogen-bond acceptors (Lipinski definition) is 3. The van der Waals surface area contributed by atoms with Gasteiger partial charge in [0.05, 0.1) is 0 Å². The van der Waals surface area contributed by atoms with E-state index in [-0.39, 0.29) is 17.2 Å². The molecule has 1 N–H and O–H groups in total. The predicted octanol–water partition coefficient (Wildman–Crippen LogP) is 3.47. The predicted molar refractivity (Wildman–Crippen MR) is 112 cm³/mol. The van der Waals surface area contributed by atoms with Crippen molar-refractivity contribution in [2.75, 3.05) is 31.6 Å². The van der Waals surface area contributed by atoms with E-state index in [2.05, 4.69) is 23.3 Å². The Morgan fingerprint density at radius 3 is 2.64 bits per heavy atom. The van der Waals surface area contributed by atoms with Crippen LogP contribution in [-0.4, -0.2) is 49.4 Å². The van der Waals surface area contributed by atoms with Crippen LogP contribution in [0.5, 0.6) is 0 Å². The highest BCUT2D eigenvalue weighted by Crippen LogP contribution is 2.49. The molecule has 2 heterocycles. The molecule has 1 aromatic rings. The first kappa shape index (κ1) is 19.4. The summed E-state index contributed by atoms with van der Waals surface area (Å²) in [6, 6.07) is 6.53. The van der Waals surface area contributed by atoms with E-state index in [1.54, 1.807) is 6.92 Å². The largest absolute Gasteiger partial charge is 0.352 e. The molecule has 2 fully saturated rings. The van der Waals surface area contributed by atoms with Crippen molar-refractivity contribution >= 4 is 17.5 Å². The van der Waals surface area contributed by atoms with Crippen LogP contribution in [0.2, 0.25) is 0 Å². The van der Waals surface area contributed by atoms with Crippen molar-refractivity contribution < 1.29 is 9.59 Å². The molecule has 5 heteroatoms. The van der Waals surface area contributed by atoms with Crippen molar-refractivity contribution in [3.05, 3.63) is 29.3 Å². The van der Waals surface area contributed by atoms with E-state index < -0.39 is 0 Å². The monoisotopic (exact) mass is 383 g/mol. The van der Waals surface area contributed by atoms with Gasteiger partial charge < -0.3 is 15.1 Å². The van der Waals surface area contributed by atoms with Crippen molar-refractivity contribution in [2.24, 2.45) is 0 Å². The zero-order chi connectivity index (χ0) is 19.7. The van der Waals surface area contributed by atoms with Gasteiger partial charge in [-0.1, -0.05) is 19.3 Å². The fourth-order valence-corrected chi connectivity index (χ4v) is 5.55. The second-order valence-corrected chi connectivity index (χ2v) is 9.00. The Hall–Kier alpha value is -1.88. The Morgan fingerprint density at radius 2 is 1.96 bits per heavy atom. The lowest BCUT2D eigenvalue weighted by Gasteiger charge is -2.34. The first-order valence-corrected chi connectivity index (χ1v) is 10.9. The van der Waals surface area contributed by atoms with Gasteiger partial charge in [0, 0.05) is 42.7 Å². The number of hydrogen-bond donors (Lipinski definition) is 1. The van der Waals surface area contributed by atoms with Crippen molar-refractivity contribution in [2.45, 2.75) is 69.7 Å². The maximum Gasteiger partial charge on any atom is 0.251 e. The van der Waals surface area contributed by atoms with Crippen LogP contribution in [0, 0.1) is 0 Å². The Kier molecular flexibility index (Phi) is 5.46. The van der Waals surface area contributed by atoms with E-state index in [1.807, 2.05) is 17.0 Å². The number of fused-ring (bicyclic) bond motifs is 2. The molecular weight excluding hydrogens is 350 g/mol. The van der Waals surface area contributed by atoms with Crippen molar-refractivity contribution in [1.29, 1.82) is 0 Å². The van der Waals surface area contributed by atoms with Crippen molar-refractivity contribution in [1.82, 2.24) is 10.2 Å². The molecule has 1 aromatic carbocycles. The molecule has 4 rings (SSSR count). The summed E-state index contributed by atoms with van der Waals surface area (Å²) in [5.74, 6) is 0.109. The molecule has 0 aromatic heterocycles. The average molecular weight is 384 g/mol. The lowest BCUT2D eigenvalue weighted by atomic mass is 9.70. The highest BCUT2D eigenvalue weighted by Gasteiger charge is 2.44. The lowest BCUT2D eigenvalue weighted by molar-refractivity contribution is -0.116. The molecule has 1 saturated carbocycles. The number of rotatable bonds is 4. The second kappa shape index (κ2) is 7.86. The van der Waals surface area contributed by atoms with Crippen LogP contribution in [0.1, 0.15) is 74.2 Å². The molecule has 1 unspecified atom stereocenters. The molecule has 28 heavy (non-hydrogen) atoms. The minimum absolute atomic E-state index is 0.00989. The van der Waals surface area contributed by atoms with Gasteiger partial charge in [0.1, 0.15) is 0 Å². The van der Waals surface area contributed by atoms with E-state index in [9.17, 15) is 9.59 Å². The molecule has 3 aliphatic rings. The molecular formula is C23H33N3O2. The van der Waals surface area contributed by atoms with Crippen LogP contribution < -0.4 is 10.2 Å². The molecule has 0 radical (unpaired) electrons. The van der Waals surface area contributed by atoms with Crippen LogP contribution in [-0.2, 0) is 10.2 Å². The molecule has 2 amide bonds. The topological polar surface area (TPSA) is 52.7 Å². The summed E-state index contributed by atoms with van der Waals surface area (Å²) in [7, 11) is 2.17. The van der Waals surface area contributed by atoms with Crippen LogP contribution in [0.25, 0.3) is 0 Å². The van der Waals surface area contributed by atoms with E-state index >= 15 is 0 Å². The number of nitrogens with one attached hydrogen (secondary N) is 1. The van der Waals surface area contributed by atoms with E-state index in [4.69, 9.17) is 0 Å². The molecule has 152 valence electrons. The minimum atomic E-state index is 0.00989. The van der Waals surface area contributed by atoms with Gasteiger partial charge in [-0.25, -0.2) is 0 Å². The fraction of sp³-hybridized carbons (Fsp3) is 0.652. The Balaban J connectivity index is 1.49. The maximum atomic E-state index is 12.8. The summed E-state index contributed by atoms with van der Waals surface area (Å²) >= 11 is 0. The molecule has 0 bridgehead atoms. The number of carbonyl (C=O) groups is 2. The number of anilines is 1. The standard InChI is InChI=1S/C23H33N3O2/c1-17(27)26-16-23(11-4-3-5-12-23)20-15-18(8-9-21(20)26)22(28)24-13-10-19-7-6-14-25(19)2/h8-9,15,19H,3-7,10-14,16H2,1-2H3,(H,24,28). The summed E-state index contributed by atoms with van der Waals surface area (Å²) < 4.78 is 0. The number of likely N-dealkylation sites (tertiary alicyclic amines) is 1. The quantitative estimate of drug-likeness (QED) is 0.866. The van der Waals surface area contributed by atoms with Gasteiger partial charge in [-0.05, 0) is 69.5 Å². The first-order chi connectivity index (χ1) is 13.5. The Bertz CT molecular complexity index is 754. The third-order valence-corrected chi connectivity index (χ3v) is 7.21. The van der Waals surface area contributed by atoms with Crippen LogP contribution in [0.4, 0.5) is 5.69 Å². The lowest BCUT2D eigenvalue weighted by Crippen LogP contribution is -2.37. The smallest absolute Gasteiger partial charge is 0.251 e. The van der Waals surface area contributed by atoms with Crippen LogP contribution in [0.15, 0.2) is 18.2 Å². The van der Waals surface area contributed by atoms with Crippen LogP contribution >= 0.6 is 0 Å². The minimum Gasteiger partial charge on any atom is -0.352 e. The highest BCUT2D eigenvalue weighted by molar-refractivity contribution is 5.98. The molecule has 2 aliphatic heterocycles. The van der Waals surface area contributed by atoms with E-state index in [0.29, 0.717) is 6.04 Å². The maximum absolute atomic E-state index is 12.8. The van der Waals surface area contributed by atoms with Crippen molar-refractivity contribution in [3.8, 4) is 0 Å². The van der Waals surface area contributed by atoms with Gasteiger partial charge >= 0.3 is 0 Å². The normalized spacial score (nSPS) is 23.8. The summed E-state index contributed by atoms with van der Waals surface area (Å²) in [5, 5.41) is 3.12. The molecule has 1 atom stereocenters. The van der Waals surface area contributed by atoms with Gasteiger partial charge in [-0.2, -0.15) is 0 Å². The highest BCUT2D eigenvalue weighted by atomic mass is 16.2. The van der Waals surface area contributed by atoms with Gasteiger partial charge in [-0.15, -0.1) is 0 Å². The Morgan fingerprint density at radius 1 is 1.18 bits per heavy atom. The van der Waals surface area contributed by atoms with Gasteiger partial charge in [0.15, 0.2) is 0 Å². The summed E-state index contributed by atoms with van der Waals surface area (Å²) in [4.78, 5) is 29.3. The second-order valence-electron chi connectivity index (χ2n) is 9.00. The van der Waals surface area contributed by atoms with Gasteiger partial charge in [0.25, 0.3) is 5.91 Å². The Labute approximate surface area is 168 Å². The zero-order valence-electron chi connectivity index (χ0n) is 17.3. The van der Waals surface area contributed by atoms with E-state index in [1.165, 1.54) is 37.7 Å². The molecule has 5 nitrogen and oxygen atoms in total. The summed E-state index contributed by atoms with van der Waals surface area (Å²) in [6.45, 7) is 4.30. The fourth-order valence-electron chi connectivity index (χ4n) is 5.55. The van der Waals surface area contributed by atoms with Crippen LogP contribution in [0.3, 0.4) is 0 Å². The number of nitrogens with zero attached hydrogens (tertiary/aromatic N) is 2. The van der Waals surface area contributed by atoms with E-state index in [0.717, 1.165) is 50.1 Å². The third kappa shape index (κ3) is 3.57.